The van der Waals surface area contributed by atoms with Crippen molar-refractivity contribution in [1.82, 2.24) is 10.2 Å². The Morgan fingerprint density at radius 3 is 2.43 bits per heavy atom. The Labute approximate surface area is 165 Å². The van der Waals surface area contributed by atoms with E-state index in [1.165, 1.54) is 0 Å². The molecular weight excluding hydrogens is 359 g/mol. The lowest BCUT2D eigenvalue weighted by molar-refractivity contribution is -0.00676. The van der Waals surface area contributed by atoms with Gasteiger partial charge in [0.25, 0.3) is 0 Å². The van der Waals surface area contributed by atoms with Crippen LogP contribution in [0.4, 0.5) is 9.18 Å². The number of carbonyl (C=O) groups is 1. The first-order valence-corrected chi connectivity index (χ1v) is 9.67. The number of piperidine rings is 1. The number of nitrogens with one attached hydrogen (secondary N) is 1. The van der Waals surface area contributed by atoms with E-state index >= 15 is 0 Å². The Morgan fingerprint density at radius 1 is 1.14 bits per heavy atom. The largest absolute Gasteiger partial charge is 0.445 e. The molecular formula is C22H27FN2O3. The van der Waals surface area contributed by atoms with Crippen LogP contribution in [-0.4, -0.2) is 41.6 Å². The quantitative estimate of drug-likeness (QED) is 0.765. The summed E-state index contributed by atoms with van der Waals surface area (Å²) in [6.45, 7) is 1.87. The van der Waals surface area contributed by atoms with Crippen LogP contribution in [0.1, 0.15) is 24.0 Å². The van der Waals surface area contributed by atoms with E-state index in [1.54, 1.807) is 4.90 Å². The second kappa shape index (κ2) is 10.2. The standard InChI is InChI=1S/C22H27FN2O3/c23-21(26)13-19-14-24-12-11-20(19)25(15-17-7-3-1-4-8-17)22(27)28-16-18-9-5-2-6-10-18/h1-10,19-21,24,26H,11-16H2. The van der Waals surface area contributed by atoms with E-state index in [-0.39, 0.29) is 25.0 Å². The lowest BCUT2D eigenvalue weighted by atomic mass is 9.89. The molecule has 0 radical (unpaired) electrons. The maximum Gasteiger partial charge on any atom is 0.410 e. The van der Waals surface area contributed by atoms with Gasteiger partial charge in [-0.2, -0.15) is 0 Å². The Morgan fingerprint density at radius 2 is 1.79 bits per heavy atom. The van der Waals surface area contributed by atoms with Crippen LogP contribution in [0.3, 0.4) is 0 Å². The molecule has 0 bridgehead atoms. The Hall–Kier alpha value is -2.44. The van der Waals surface area contributed by atoms with Crippen LogP contribution in [0.15, 0.2) is 60.7 Å². The summed E-state index contributed by atoms with van der Waals surface area (Å²) >= 11 is 0. The first-order valence-electron chi connectivity index (χ1n) is 9.67. The number of nitrogens with zero attached hydrogens (tertiary/aromatic N) is 1. The van der Waals surface area contributed by atoms with Crippen LogP contribution in [0.25, 0.3) is 0 Å². The van der Waals surface area contributed by atoms with Gasteiger partial charge in [0, 0.05) is 25.6 Å². The van der Waals surface area contributed by atoms with Crippen LogP contribution in [0.5, 0.6) is 0 Å². The lowest BCUT2D eigenvalue weighted by Gasteiger charge is -2.40. The van der Waals surface area contributed by atoms with Gasteiger partial charge in [0.1, 0.15) is 6.61 Å². The maximum absolute atomic E-state index is 13.3. The van der Waals surface area contributed by atoms with Crippen LogP contribution < -0.4 is 5.32 Å². The van der Waals surface area contributed by atoms with Crippen molar-refractivity contribution in [3.63, 3.8) is 0 Å². The number of ether oxygens (including phenoxy) is 1. The normalized spacial score (nSPS) is 20.4. The first-order chi connectivity index (χ1) is 13.6. The second-order valence-electron chi connectivity index (χ2n) is 7.14. The number of alkyl halides is 1. The predicted molar refractivity (Wildman–Crippen MR) is 105 cm³/mol. The molecule has 3 rings (SSSR count). The summed E-state index contributed by atoms with van der Waals surface area (Å²) in [7, 11) is 0. The highest BCUT2D eigenvalue weighted by atomic mass is 19.1. The third-order valence-corrected chi connectivity index (χ3v) is 5.10. The van der Waals surface area contributed by atoms with Crippen molar-refractivity contribution >= 4 is 6.09 Å². The molecule has 0 spiro atoms. The van der Waals surface area contributed by atoms with Gasteiger partial charge in [0.2, 0.25) is 0 Å². The van der Waals surface area contributed by atoms with E-state index in [4.69, 9.17) is 4.74 Å². The summed E-state index contributed by atoms with van der Waals surface area (Å²) in [6.07, 6.45) is -1.64. The molecule has 2 N–H and O–H groups in total. The Kier molecular flexibility index (Phi) is 7.39. The molecule has 1 amide bonds. The van der Waals surface area contributed by atoms with E-state index in [2.05, 4.69) is 5.32 Å². The van der Waals surface area contributed by atoms with Gasteiger partial charge in [0.05, 0.1) is 0 Å². The number of hydrogen-bond donors (Lipinski definition) is 2. The first kappa shape index (κ1) is 20.3. The van der Waals surface area contributed by atoms with Gasteiger partial charge in [-0.15, -0.1) is 0 Å². The SMILES string of the molecule is O=C(OCc1ccccc1)N(Cc1ccccc1)C1CCNCC1CC(O)F. The highest BCUT2D eigenvalue weighted by Crippen LogP contribution is 2.26. The van der Waals surface area contributed by atoms with E-state index in [0.29, 0.717) is 19.5 Å². The van der Waals surface area contributed by atoms with Crippen molar-refractivity contribution in [3.05, 3.63) is 71.8 Å². The molecule has 2 aromatic rings. The van der Waals surface area contributed by atoms with Gasteiger partial charge in [-0.1, -0.05) is 60.7 Å². The predicted octanol–water partition coefficient (Wildman–Crippen LogP) is 3.48. The zero-order valence-electron chi connectivity index (χ0n) is 15.8. The second-order valence-corrected chi connectivity index (χ2v) is 7.14. The van der Waals surface area contributed by atoms with Gasteiger partial charge in [0.15, 0.2) is 6.36 Å². The maximum atomic E-state index is 13.3. The zero-order valence-corrected chi connectivity index (χ0v) is 15.8. The van der Waals surface area contributed by atoms with E-state index in [1.807, 2.05) is 60.7 Å². The molecule has 6 heteroatoms. The molecule has 0 aliphatic carbocycles. The minimum Gasteiger partial charge on any atom is -0.445 e. The fourth-order valence-electron chi connectivity index (χ4n) is 3.71. The average molecular weight is 386 g/mol. The smallest absolute Gasteiger partial charge is 0.410 e. The van der Waals surface area contributed by atoms with Crippen LogP contribution in [0.2, 0.25) is 0 Å². The zero-order chi connectivity index (χ0) is 19.8. The minimum absolute atomic E-state index is 0.00504. The number of halogens is 1. The molecule has 3 atom stereocenters. The lowest BCUT2D eigenvalue weighted by Crippen LogP contribution is -2.52. The molecule has 1 saturated heterocycles. The van der Waals surface area contributed by atoms with Crippen LogP contribution in [0, 0.1) is 5.92 Å². The van der Waals surface area contributed by atoms with Crippen LogP contribution in [-0.2, 0) is 17.9 Å². The number of amides is 1. The topological polar surface area (TPSA) is 61.8 Å². The number of carbonyl (C=O) groups excluding carboxylic acids is 1. The molecule has 150 valence electrons. The molecule has 5 nitrogen and oxygen atoms in total. The van der Waals surface area contributed by atoms with Crippen molar-refractivity contribution < 1.29 is 19.0 Å². The molecule has 1 fully saturated rings. The number of benzene rings is 2. The Bertz CT molecular complexity index is 727. The number of hydrogen-bond acceptors (Lipinski definition) is 4. The van der Waals surface area contributed by atoms with Gasteiger partial charge < -0.3 is 20.1 Å². The van der Waals surface area contributed by atoms with Gasteiger partial charge in [-0.05, 0) is 30.0 Å². The molecule has 1 aliphatic rings. The molecule has 1 heterocycles. The summed E-state index contributed by atoms with van der Waals surface area (Å²) in [6, 6.07) is 19.0. The molecule has 0 saturated carbocycles. The van der Waals surface area contributed by atoms with Gasteiger partial charge in [-0.3, -0.25) is 0 Å². The fourth-order valence-corrected chi connectivity index (χ4v) is 3.71. The van der Waals surface area contributed by atoms with Crippen LogP contribution >= 0.6 is 0 Å². The van der Waals surface area contributed by atoms with Crippen molar-refractivity contribution in [2.45, 2.75) is 38.4 Å². The monoisotopic (exact) mass is 386 g/mol. The molecule has 0 aromatic heterocycles. The number of rotatable bonds is 7. The third-order valence-electron chi connectivity index (χ3n) is 5.10. The van der Waals surface area contributed by atoms with E-state index in [0.717, 1.165) is 17.7 Å². The molecule has 2 aromatic carbocycles. The summed E-state index contributed by atoms with van der Waals surface area (Å²) in [5.74, 6) is -0.179. The Balaban J connectivity index is 1.76. The third kappa shape index (κ3) is 5.78. The summed E-state index contributed by atoms with van der Waals surface area (Å²) < 4.78 is 18.9. The average Bonchev–Trinajstić information content (AvgIpc) is 2.72. The molecule has 1 aliphatic heterocycles. The highest BCUT2D eigenvalue weighted by molar-refractivity contribution is 5.68. The van der Waals surface area contributed by atoms with Crippen molar-refractivity contribution in [2.75, 3.05) is 13.1 Å². The number of aliphatic hydroxyl groups excluding tert-OH is 1. The van der Waals surface area contributed by atoms with Gasteiger partial charge >= 0.3 is 6.09 Å². The van der Waals surface area contributed by atoms with E-state index in [9.17, 15) is 14.3 Å². The van der Waals surface area contributed by atoms with E-state index < -0.39 is 12.5 Å². The summed E-state index contributed by atoms with van der Waals surface area (Å²) in [5.41, 5.74) is 1.90. The summed E-state index contributed by atoms with van der Waals surface area (Å²) in [4.78, 5) is 14.7. The van der Waals surface area contributed by atoms with Crippen molar-refractivity contribution in [2.24, 2.45) is 5.92 Å². The minimum atomic E-state index is -1.90. The summed E-state index contributed by atoms with van der Waals surface area (Å²) in [5, 5.41) is 12.5. The highest BCUT2D eigenvalue weighted by Gasteiger charge is 2.35. The molecule has 3 unspecified atom stereocenters. The fraction of sp³-hybridized carbons (Fsp3) is 0.409. The van der Waals surface area contributed by atoms with Gasteiger partial charge in [-0.25, -0.2) is 9.18 Å². The molecule has 28 heavy (non-hydrogen) atoms. The van der Waals surface area contributed by atoms with Crippen molar-refractivity contribution in [3.8, 4) is 0 Å². The number of aliphatic hydroxyl groups is 1. The van der Waals surface area contributed by atoms with Crippen molar-refractivity contribution in [1.29, 1.82) is 0 Å².